The summed E-state index contributed by atoms with van der Waals surface area (Å²) < 4.78 is 16.8. The molecule has 2 N–H and O–H groups in total. The van der Waals surface area contributed by atoms with Crippen LogP contribution < -0.4 is 5.32 Å². The van der Waals surface area contributed by atoms with Gasteiger partial charge in [-0.15, -0.1) is 0 Å². The van der Waals surface area contributed by atoms with Crippen LogP contribution in [0.4, 0.5) is 9.59 Å². The van der Waals surface area contributed by atoms with Gasteiger partial charge < -0.3 is 24.6 Å². The van der Waals surface area contributed by atoms with E-state index in [0.29, 0.717) is 0 Å². The number of nitrogens with zero attached hydrogens (tertiary/aromatic N) is 1. The largest absolute Gasteiger partial charge is 0.480 e. The molecule has 2 aliphatic rings. The van der Waals surface area contributed by atoms with Gasteiger partial charge in [-0.3, -0.25) is 4.90 Å². The zero-order chi connectivity index (χ0) is 26.3. The third kappa shape index (κ3) is 5.16. The SMILES string of the molecule is CC(C)(C)OC(=O)N1C[C@@H]([C@@H](NC(=O)OCC2c3ccccc3-c3ccccc32)C(=O)O)OC1(C)C. The highest BCUT2D eigenvalue weighted by Crippen LogP contribution is 2.44. The molecule has 2 aromatic carbocycles. The lowest BCUT2D eigenvalue weighted by Gasteiger charge is -2.31. The molecule has 0 aromatic heterocycles. The Morgan fingerprint density at radius 3 is 2.17 bits per heavy atom. The molecule has 192 valence electrons. The van der Waals surface area contributed by atoms with Crippen LogP contribution in [0.15, 0.2) is 48.5 Å². The van der Waals surface area contributed by atoms with Crippen LogP contribution in [-0.4, -0.2) is 64.8 Å². The van der Waals surface area contributed by atoms with Gasteiger partial charge in [0.2, 0.25) is 0 Å². The van der Waals surface area contributed by atoms with E-state index < -0.39 is 41.6 Å². The van der Waals surface area contributed by atoms with Gasteiger partial charge >= 0.3 is 18.2 Å². The smallest absolute Gasteiger partial charge is 0.412 e. The number of aliphatic carboxylic acids is 1. The average Bonchev–Trinajstić information content (AvgIpc) is 3.28. The number of ether oxygens (including phenoxy) is 3. The molecule has 2 atom stereocenters. The van der Waals surface area contributed by atoms with Crippen molar-refractivity contribution in [1.29, 1.82) is 0 Å². The molecule has 0 radical (unpaired) electrons. The molecule has 9 nitrogen and oxygen atoms in total. The van der Waals surface area contributed by atoms with Gasteiger partial charge in [-0.1, -0.05) is 48.5 Å². The number of carbonyl (C=O) groups excluding carboxylic acids is 2. The molecule has 9 heteroatoms. The van der Waals surface area contributed by atoms with Crippen molar-refractivity contribution in [2.45, 2.75) is 64.0 Å². The molecule has 36 heavy (non-hydrogen) atoms. The standard InChI is InChI=1S/C27H32N2O7/c1-26(2,3)36-25(33)29-14-21(35-27(29,4)5)22(23(30)31)28-24(32)34-15-20-18-12-8-6-10-16(18)17-11-7-9-13-19(17)20/h6-13,20-22H,14-15H2,1-5H3,(H,28,32)(H,30,31)/t21-,22+/m0/s1. The van der Waals surface area contributed by atoms with E-state index in [1.165, 1.54) is 4.90 Å². The number of hydrogen-bond acceptors (Lipinski definition) is 6. The van der Waals surface area contributed by atoms with Crippen molar-refractivity contribution in [2.75, 3.05) is 13.2 Å². The molecule has 2 amide bonds. The maximum absolute atomic E-state index is 12.7. The van der Waals surface area contributed by atoms with Gasteiger partial charge in [0.05, 0.1) is 6.54 Å². The van der Waals surface area contributed by atoms with E-state index >= 15 is 0 Å². The van der Waals surface area contributed by atoms with Crippen molar-refractivity contribution in [3.8, 4) is 11.1 Å². The summed E-state index contributed by atoms with van der Waals surface area (Å²) in [5, 5.41) is 12.2. The molecule has 1 fully saturated rings. The molecule has 0 spiro atoms. The van der Waals surface area contributed by atoms with Crippen molar-refractivity contribution in [3.05, 3.63) is 59.7 Å². The Bertz CT molecular complexity index is 1130. The lowest BCUT2D eigenvalue weighted by atomic mass is 9.98. The van der Waals surface area contributed by atoms with Crippen molar-refractivity contribution < 1.29 is 33.7 Å². The van der Waals surface area contributed by atoms with E-state index in [9.17, 15) is 19.5 Å². The molecule has 1 saturated heterocycles. The van der Waals surface area contributed by atoms with Gasteiger partial charge in [0.15, 0.2) is 6.04 Å². The van der Waals surface area contributed by atoms with Crippen LogP contribution in [0.3, 0.4) is 0 Å². The highest BCUT2D eigenvalue weighted by molar-refractivity contribution is 5.82. The Morgan fingerprint density at radius 1 is 1.08 bits per heavy atom. The predicted octanol–water partition coefficient (Wildman–Crippen LogP) is 4.35. The number of carboxylic acids is 1. The number of carbonyl (C=O) groups is 3. The Hall–Kier alpha value is -3.59. The lowest BCUT2D eigenvalue weighted by molar-refractivity contribution is -0.145. The number of carboxylic acid groups (broad SMARTS) is 1. The van der Waals surface area contributed by atoms with Gasteiger partial charge in [-0.2, -0.15) is 0 Å². The molecule has 0 unspecified atom stereocenters. The van der Waals surface area contributed by atoms with E-state index in [2.05, 4.69) is 5.32 Å². The zero-order valence-corrected chi connectivity index (χ0v) is 21.1. The first kappa shape index (κ1) is 25.5. The number of hydrogen-bond donors (Lipinski definition) is 2. The fourth-order valence-corrected chi connectivity index (χ4v) is 4.74. The molecule has 1 heterocycles. The highest BCUT2D eigenvalue weighted by Gasteiger charge is 2.49. The second-order valence-electron chi connectivity index (χ2n) is 10.5. The summed E-state index contributed by atoms with van der Waals surface area (Å²) in [7, 11) is 0. The minimum Gasteiger partial charge on any atom is -0.480 e. The van der Waals surface area contributed by atoms with Crippen molar-refractivity contribution >= 4 is 18.2 Å². The van der Waals surface area contributed by atoms with Crippen LogP contribution >= 0.6 is 0 Å². The molecular weight excluding hydrogens is 464 g/mol. The molecule has 0 bridgehead atoms. The zero-order valence-electron chi connectivity index (χ0n) is 21.1. The van der Waals surface area contributed by atoms with Crippen molar-refractivity contribution in [2.24, 2.45) is 0 Å². The fraction of sp³-hybridized carbons (Fsp3) is 0.444. The predicted molar refractivity (Wildman–Crippen MR) is 132 cm³/mol. The number of fused-ring (bicyclic) bond motifs is 3. The lowest BCUT2D eigenvalue weighted by Crippen LogP contribution is -2.50. The highest BCUT2D eigenvalue weighted by atomic mass is 16.6. The van der Waals surface area contributed by atoms with Crippen LogP contribution in [0.1, 0.15) is 51.7 Å². The van der Waals surface area contributed by atoms with Crippen molar-refractivity contribution in [3.63, 3.8) is 0 Å². The van der Waals surface area contributed by atoms with Crippen molar-refractivity contribution in [1.82, 2.24) is 10.2 Å². The Balaban J connectivity index is 1.43. The first-order valence-electron chi connectivity index (χ1n) is 11.9. The molecular formula is C27H32N2O7. The topological polar surface area (TPSA) is 114 Å². The first-order chi connectivity index (χ1) is 16.9. The van der Waals surface area contributed by atoms with Gasteiger partial charge in [0.1, 0.15) is 24.0 Å². The summed E-state index contributed by atoms with van der Waals surface area (Å²) >= 11 is 0. The van der Waals surface area contributed by atoms with Crippen LogP contribution in [0.25, 0.3) is 11.1 Å². The van der Waals surface area contributed by atoms with Crippen LogP contribution in [0.5, 0.6) is 0 Å². The number of rotatable bonds is 5. The molecule has 4 rings (SSSR count). The first-order valence-corrected chi connectivity index (χ1v) is 11.9. The summed E-state index contributed by atoms with van der Waals surface area (Å²) in [5.74, 6) is -1.45. The molecule has 2 aromatic rings. The molecule has 1 aliphatic carbocycles. The summed E-state index contributed by atoms with van der Waals surface area (Å²) in [6, 6.07) is 14.4. The third-order valence-corrected chi connectivity index (χ3v) is 6.32. The quantitative estimate of drug-likeness (QED) is 0.632. The average molecular weight is 497 g/mol. The molecule has 0 saturated carbocycles. The van der Waals surface area contributed by atoms with Gasteiger partial charge in [0.25, 0.3) is 0 Å². The number of alkyl carbamates (subject to hydrolysis) is 1. The monoisotopic (exact) mass is 496 g/mol. The Labute approximate surface area is 210 Å². The summed E-state index contributed by atoms with van der Waals surface area (Å²) in [5.41, 5.74) is 2.44. The van der Waals surface area contributed by atoms with E-state index in [1.54, 1.807) is 34.6 Å². The summed E-state index contributed by atoms with van der Waals surface area (Å²) in [6.45, 7) is 8.49. The van der Waals surface area contributed by atoms with E-state index in [0.717, 1.165) is 22.3 Å². The maximum atomic E-state index is 12.7. The van der Waals surface area contributed by atoms with Gasteiger partial charge in [-0.25, -0.2) is 14.4 Å². The number of nitrogens with one attached hydrogen (secondary N) is 1. The second-order valence-corrected chi connectivity index (χ2v) is 10.5. The number of benzene rings is 2. The Morgan fingerprint density at radius 2 is 1.64 bits per heavy atom. The number of amides is 2. The minimum absolute atomic E-state index is 0.0489. The third-order valence-electron chi connectivity index (χ3n) is 6.32. The van der Waals surface area contributed by atoms with Crippen LogP contribution in [0, 0.1) is 0 Å². The fourth-order valence-electron chi connectivity index (χ4n) is 4.74. The summed E-state index contributed by atoms with van der Waals surface area (Å²) in [4.78, 5) is 38.7. The van der Waals surface area contributed by atoms with Gasteiger partial charge in [-0.05, 0) is 56.9 Å². The Kier molecular flexibility index (Phi) is 6.70. The van der Waals surface area contributed by atoms with Crippen LogP contribution in [0.2, 0.25) is 0 Å². The second kappa shape index (κ2) is 9.46. The minimum atomic E-state index is -1.42. The maximum Gasteiger partial charge on any atom is 0.412 e. The van der Waals surface area contributed by atoms with E-state index in [1.807, 2.05) is 48.5 Å². The van der Waals surface area contributed by atoms with Gasteiger partial charge in [0, 0.05) is 5.92 Å². The van der Waals surface area contributed by atoms with E-state index in [-0.39, 0.29) is 19.1 Å². The van der Waals surface area contributed by atoms with Crippen LogP contribution in [-0.2, 0) is 19.0 Å². The summed E-state index contributed by atoms with van der Waals surface area (Å²) in [6.07, 6.45) is -2.49. The van der Waals surface area contributed by atoms with E-state index in [4.69, 9.17) is 14.2 Å². The molecule has 1 aliphatic heterocycles. The normalized spacial score (nSPS) is 19.2.